The van der Waals surface area contributed by atoms with Gasteiger partial charge in [-0.2, -0.15) is 0 Å². The summed E-state index contributed by atoms with van der Waals surface area (Å²) in [5.74, 6) is 5.74. The van der Waals surface area contributed by atoms with Gasteiger partial charge >= 0.3 is 0 Å². The third-order valence-corrected chi connectivity index (χ3v) is 4.34. The Labute approximate surface area is 101 Å². The molecule has 0 spiro atoms. The summed E-state index contributed by atoms with van der Waals surface area (Å²) in [7, 11) is 0. The summed E-state index contributed by atoms with van der Waals surface area (Å²) < 4.78 is 6.03. The van der Waals surface area contributed by atoms with Gasteiger partial charge in [-0.05, 0) is 31.2 Å². The molecule has 0 radical (unpaired) electrons. The van der Waals surface area contributed by atoms with Gasteiger partial charge in [-0.15, -0.1) is 11.3 Å². The maximum atomic E-state index is 6.03. The van der Waals surface area contributed by atoms with Crippen molar-refractivity contribution in [3.05, 3.63) is 22.4 Å². The van der Waals surface area contributed by atoms with E-state index in [1.54, 1.807) is 11.3 Å². The van der Waals surface area contributed by atoms with E-state index in [9.17, 15) is 0 Å². The Morgan fingerprint density at radius 1 is 1.56 bits per heavy atom. The summed E-state index contributed by atoms with van der Waals surface area (Å²) in [6.07, 6.45) is 4.69. The van der Waals surface area contributed by atoms with Crippen molar-refractivity contribution in [2.24, 2.45) is 5.84 Å². The Morgan fingerprint density at radius 2 is 2.31 bits per heavy atom. The number of ether oxygens (including phenoxy) is 1. The molecule has 1 aromatic rings. The Bertz CT molecular complexity index is 307. The first-order valence-electron chi connectivity index (χ1n) is 5.96. The molecule has 0 aliphatic heterocycles. The van der Waals surface area contributed by atoms with Gasteiger partial charge in [-0.25, -0.2) is 5.43 Å². The summed E-state index contributed by atoms with van der Waals surface area (Å²) in [5.41, 5.74) is 2.87. The van der Waals surface area contributed by atoms with Crippen molar-refractivity contribution in [1.82, 2.24) is 5.43 Å². The van der Waals surface area contributed by atoms with E-state index in [1.807, 2.05) is 0 Å². The SMILES string of the molecule is CCOC1(C(NN)c2cccs2)CCCC1. The van der Waals surface area contributed by atoms with Crippen LogP contribution in [0.1, 0.15) is 43.5 Å². The first-order chi connectivity index (χ1) is 7.82. The van der Waals surface area contributed by atoms with E-state index in [0.717, 1.165) is 19.4 Å². The van der Waals surface area contributed by atoms with Crippen molar-refractivity contribution >= 4 is 11.3 Å². The van der Waals surface area contributed by atoms with Crippen LogP contribution in [0.3, 0.4) is 0 Å². The Balaban J connectivity index is 2.23. The highest BCUT2D eigenvalue weighted by atomic mass is 32.1. The van der Waals surface area contributed by atoms with Gasteiger partial charge in [0.15, 0.2) is 0 Å². The van der Waals surface area contributed by atoms with Gasteiger partial charge in [0, 0.05) is 11.5 Å². The molecule has 1 heterocycles. The average Bonchev–Trinajstić information content (AvgIpc) is 2.92. The first kappa shape index (κ1) is 12.0. The molecule has 90 valence electrons. The topological polar surface area (TPSA) is 47.3 Å². The molecule has 1 aliphatic rings. The highest BCUT2D eigenvalue weighted by molar-refractivity contribution is 7.10. The molecule has 1 unspecified atom stereocenters. The van der Waals surface area contributed by atoms with Crippen LogP contribution in [-0.4, -0.2) is 12.2 Å². The molecular formula is C12H20N2OS. The Hall–Kier alpha value is -0.420. The normalized spacial score (nSPS) is 21.1. The van der Waals surface area contributed by atoms with Crippen LogP contribution in [-0.2, 0) is 4.74 Å². The zero-order valence-corrected chi connectivity index (χ0v) is 10.6. The van der Waals surface area contributed by atoms with Gasteiger partial charge < -0.3 is 4.74 Å². The zero-order chi connectivity index (χ0) is 11.4. The smallest absolute Gasteiger partial charge is 0.0897 e. The molecule has 16 heavy (non-hydrogen) atoms. The van der Waals surface area contributed by atoms with Gasteiger partial charge in [0.2, 0.25) is 0 Å². The first-order valence-corrected chi connectivity index (χ1v) is 6.84. The van der Waals surface area contributed by atoms with Crippen LogP contribution in [0.25, 0.3) is 0 Å². The standard InChI is InChI=1S/C12H20N2OS/c1-2-15-12(7-3-4-8-12)11(14-13)10-6-5-9-16-10/h5-6,9,11,14H,2-4,7-8,13H2,1H3. The summed E-state index contributed by atoms with van der Waals surface area (Å²) in [6, 6.07) is 4.34. The fourth-order valence-corrected chi connectivity index (χ4v) is 3.62. The van der Waals surface area contributed by atoms with Gasteiger partial charge in [-0.3, -0.25) is 5.84 Å². The minimum atomic E-state index is -0.0889. The number of rotatable bonds is 5. The van der Waals surface area contributed by atoms with Gasteiger partial charge in [0.1, 0.15) is 0 Å². The Morgan fingerprint density at radius 3 is 2.81 bits per heavy atom. The number of hydrogen-bond donors (Lipinski definition) is 2. The third-order valence-electron chi connectivity index (χ3n) is 3.40. The second-order valence-electron chi connectivity index (χ2n) is 4.32. The largest absolute Gasteiger partial charge is 0.373 e. The molecule has 3 nitrogen and oxygen atoms in total. The molecule has 0 saturated heterocycles. The molecule has 2 rings (SSSR count). The van der Waals surface area contributed by atoms with Crippen LogP contribution in [0.4, 0.5) is 0 Å². The predicted octanol–water partition coefficient (Wildman–Crippen LogP) is 2.60. The third kappa shape index (κ3) is 2.15. The maximum absolute atomic E-state index is 6.03. The molecule has 1 aliphatic carbocycles. The fraction of sp³-hybridized carbons (Fsp3) is 0.667. The van der Waals surface area contributed by atoms with Crippen LogP contribution < -0.4 is 11.3 Å². The number of thiophene rings is 1. The van der Waals surface area contributed by atoms with Crippen LogP contribution in [0.15, 0.2) is 17.5 Å². The quantitative estimate of drug-likeness (QED) is 0.614. The van der Waals surface area contributed by atoms with E-state index >= 15 is 0 Å². The highest BCUT2D eigenvalue weighted by Gasteiger charge is 2.42. The van der Waals surface area contributed by atoms with E-state index in [2.05, 4.69) is 29.9 Å². The average molecular weight is 240 g/mol. The molecule has 0 amide bonds. The molecule has 0 aromatic carbocycles. The molecule has 1 aromatic heterocycles. The summed E-state index contributed by atoms with van der Waals surface area (Å²) in [5, 5.41) is 2.09. The zero-order valence-electron chi connectivity index (χ0n) is 9.74. The number of nitrogens with two attached hydrogens (primary N) is 1. The van der Waals surface area contributed by atoms with E-state index in [0.29, 0.717) is 0 Å². The van der Waals surface area contributed by atoms with E-state index in [-0.39, 0.29) is 11.6 Å². The number of nitrogens with one attached hydrogen (secondary N) is 1. The molecule has 3 N–H and O–H groups in total. The molecule has 1 saturated carbocycles. The summed E-state index contributed by atoms with van der Waals surface area (Å²) in [6.45, 7) is 2.81. The van der Waals surface area contributed by atoms with Crippen molar-refractivity contribution in [3.8, 4) is 0 Å². The summed E-state index contributed by atoms with van der Waals surface area (Å²) >= 11 is 1.74. The highest BCUT2D eigenvalue weighted by Crippen LogP contribution is 2.43. The number of hydrazine groups is 1. The van der Waals surface area contributed by atoms with Crippen LogP contribution >= 0.6 is 11.3 Å². The minimum absolute atomic E-state index is 0.0889. The van der Waals surface area contributed by atoms with Crippen molar-refractivity contribution in [1.29, 1.82) is 0 Å². The molecular weight excluding hydrogens is 220 g/mol. The van der Waals surface area contributed by atoms with E-state index < -0.39 is 0 Å². The predicted molar refractivity (Wildman–Crippen MR) is 67.2 cm³/mol. The van der Waals surface area contributed by atoms with Gasteiger partial charge in [-0.1, -0.05) is 18.9 Å². The lowest BCUT2D eigenvalue weighted by Gasteiger charge is -2.36. The lowest BCUT2D eigenvalue weighted by atomic mass is 9.91. The summed E-state index contributed by atoms with van der Waals surface area (Å²) in [4.78, 5) is 1.28. The van der Waals surface area contributed by atoms with Crippen LogP contribution in [0, 0.1) is 0 Å². The van der Waals surface area contributed by atoms with Crippen molar-refractivity contribution in [2.45, 2.75) is 44.2 Å². The maximum Gasteiger partial charge on any atom is 0.0897 e. The second-order valence-corrected chi connectivity index (χ2v) is 5.30. The van der Waals surface area contributed by atoms with Crippen LogP contribution in [0.5, 0.6) is 0 Å². The lowest BCUT2D eigenvalue weighted by Crippen LogP contribution is -2.46. The molecule has 1 atom stereocenters. The van der Waals surface area contributed by atoms with Gasteiger partial charge in [0.05, 0.1) is 11.6 Å². The van der Waals surface area contributed by atoms with Crippen molar-refractivity contribution < 1.29 is 4.74 Å². The minimum Gasteiger partial charge on any atom is -0.373 e. The lowest BCUT2D eigenvalue weighted by molar-refractivity contribution is -0.0619. The second kappa shape index (κ2) is 5.27. The molecule has 0 bridgehead atoms. The van der Waals surface area contributed by atoms with Crippen LogP contribution in [0.2, 0.25) is 0 Å². The van der Waals surface area contributed by atoms with Gasteiger partial charge in [0.25, 0.3) is 0 Å². The Kier molecular flexibility index (Phi) is 3.97. The van der Waals surface area contributed by atoms with E-state index in [1.165, 1.54) is 17.7 Å². The molecule has 4 heteroatoms. The monoisotopic (exact) mass is 240 g/mol. The van der Waals surface area contributed by atoms with Crippen molar-refractivity contribution in [2.75, 3.05) is 6.61 Å². The van der Waals surface area contributed by atoms with E-state index in [4.69, 9.17) is 10.6 Å². The molecule has 1 fully saturated rings. The fourth-order valence-electron chi connectivity index (χ4n) is 2.73. The van der Waals surface area contributed by atoms with Crippen molar-refractivity contribution in [3.63, 3.8) is 0 Å². The number of hydrogen-bond acceptors (Lipinski definition) is 4.